The number of rotatable bonds is 3. The van der Waals surface area contributed by atoms with Gasteiger partial charge in [0.1, 0.15) is 12.0 Å². The first-order chi connectivity index (χ1) is 13.0. The van der Waals surface area contributed by atoms with Gasteiger partial charge in [-0.1, -0.05) is 0 Å². The Bertz CT molecular complexity index is 816. The fraction of sp³-hybridized carbons (Fsp3) is 0.600. The summed E-state index contributed by atoms with van der Waals surface area (Å²) >= 11 is 0. The smallest absolute Gasteiger partial charge is 0.272 e. The van der Waals surface area contributed by atoms with Crippen LogP contribution in [0.2, 0.25) is 0 Å². The molecule has 0 radical (unpaired) electrons. The first-order valence-electron chi connectivity index (χ1n) is 9.79. The molecule has 0 aliphatic carbocycles. The zero-order chi connectivity index (χ0) is 19.0. The van der Waals surface area contributed by atoms with Crippen LogP contribution < -0.4 is 0 Å². The van der Waals surface area contributed by atoms with Gasteiger partial charge >= 0.3 is 0 Å². The molecule has 2 atom stereocenters. The molecule has 144 valence electrons. The van der Waals surface area contributed by atoms with E-state index in [1.165, 1.54) is 12.0 Å². The molecule has 27 heavy (non-hydrogen) atoms. The molecule has 0 saturated carbocycles. The highest BCUT2D eigenvalue weighted by Gasteiger charge is 2.37. The second kappa shape index (κ2) is 7.38. The van der Waals surface area contributed by atoms with Crippen molar-refractivity contribution < 1.29 is 4.79 Å². The van der Waals surface area contributed by atoms with Crippen LogP contribution >= 0.6 is 0 Å². The molecule has 4 rings (SSSR count). The fourth-order valence-corrected chi connectivity index (χ4v) is 4.41. The average Bonchev–Trinajstić information content (AvgIpc) is 3.20. The molecule has 2 aliphatic heterocycles. The lowest BCUT2D eigenvalue weighted by Gasteiger charge is -2.22. The molecule has 0 bridgehead atoms. The summed E-state index contributed by atoms with van der Waals surface area (Å²) in [5.74, 6) is 1.25. The van der Waals surface area contributed by atoms with Crippen LogP contribution in [0, 0.1) is 25.7 Å². The number of nitrogens with zero attached hydrogens (tertiary/aromatic N) is 6. The van der Waals surface area contributed by atoms with Gasteiger partial charge in [0.2, 0.25) is 0 Å². The topological polar surface area (TPSA) is 67.2 Å². The van der Waals surface area contributed by atoms with E-state index in [9.17, 15) is 4.79 Å². The predicted molar refractivity (Wildman–Crippen MR) is 102 cm³/mol. The molecular formula is C20H28N6O. The highest BCUT2D eigenvalue weighted by atomic mass is 16.2. The maximum absolute atomic E-state index is 13.0. The highest BCUT2D eigenvalue weighted by molar-refractivity contribution is 5.94. The van der Waals surface area contributed by atoms with Crippen LogP contribution in [0.5, 0.6) is 0 Å². The molecule has 0 N–H and O–H groups in total. The average molecular weight is 368 g/mol. The SMILES string of the molecule is Cc1ncnc(C(=O)N2C[C@H]3CCN(Cc4ccnn4C)CC[C@H]3C2)c1C. The Morgan fingerprint density at radius 1 is 1.15 bits per heavy atom. The van der Waals surface area contributed by atoms with Gasteiger partial charge in [0, 0.05) is 44.1 Å². The normalized spacial score (nSPS) is 23.3. The molecule has 2 fully saturated rings. The van der Waals surface area contributed by atoms with Crippen LogP contribution in [-0.4, -0.2) is 61.6 Å². The third kappa shape index (κ3) is 3.60. The summed E-state index contributed by atoms with van der Waals surface area (Å²) in [4.78, 5) is 26.0. The summed E-state index contributed by atoms with van der Waals surface area (Å²) in [6.07, 6.45) is 5.66. The summed E-state index contributed by atoms with van der Waals surface area (Å²) in [5, 5.41) is 4.27. The first-order valence-corrected chi connectivity index (χ1v) is 9.79. The Labute approximate surface area is 160 Å². The van der Waals surface area contributed by atoms with Gasteiger partial charge in [-0.25, -0.2) is 9.97 Å². The van der Waals surface area contributed by atoms with Crippen molar-refractivity contribution in [3.63, 3.8) is 0 Å². The second-order valence-corrected chi connectivity index (χ2v) is 7.96. The van der Waals surface area contributed by atoms with E-state index < -0.39 is 0 Å². The van der Waals surface area contributed by atoms with Crippen molar-refractivity contribution >= 4 is 5.91 Å². The molecule has 1 amide bonds. The van der Waals surface area contributed by atoms with Crippen molar-refractivity contribution in [2.45, 2.75) is 33.2 Å². The van der Waals surface area contributed by atoms with Crippen LogP contribution in [0.25, 0.3) is 0 Å². The van der Waals surface area contributed by atoms with Crippen molar-refractivity contribution in [1.29, 1.82) is 0 Å². The summed E-state index contributed by atoms with van der Waals surface area (Å²) in [6, 6.07) is 2.10. The largest absolute Gasteiger partial charge is 0.337 e. The van der Waals surface area contributed by atoms with E-state index in [0.717, 1.165) is 56.8 Å². The van der Waals surface area contributed by atoms with Crippen molar-refractivity contribution in [3.8, 4) is 0 Å². The van der Waals surface area contributed by atoms with Crippen LogP contribution in [0.4, 0.5) is 0 Å². The highest BCUT2D eigenvalue weighted by Crippen LogP contribution is 2.33. The number of hydrogen-bond donors (Lipinski definition) is 0. The molecule has 2 aromatic rings. The van der Waals surface area contributed by atoms with Crippen LogP contribution in [0.3, 0.4) is 0 Å². The molecule has 2 aliphatic rings. The first kappa shape index (κ1) is 18.1. The standard InChI is InChI=1S/C20H28N6O/c1-14-15(2)21-13-22-19(14)20(27)26-10-16-5-8-25(9-6-17(16)11-26)12-18-4-7-23-24(18)3/h4,7,13,16-17H,5-6,8-12H2,1-3H3/t16-,17+. The quantitative estimate of drug-likeness (QED) is 0.827. The lowest BCUT2D eigenvalue weighted by Crippen LogP contribution is -2.32. The maximum atomic E-state index is 13.0. The van der Waals surface area contributed by atoms with Gasteiger partial charge in [0.15, 0.2) is 0 Å². The molecule has 2 saturated heterocycles. The summed E-state index contributed by atoms with van der Waals surface area (Å²) in [6.45, 7) is 8.70. The third-order valence-corrected chi connectivity index (χ3v) is 6.34. The Morgan fingerprint density at radius 3 is 2.48 bits per heavy atom. The Balaban J connectivity index is 1.38. The van der Waals surface area contributed by atoms with Crippen molar-refractivity contribution in [3.05, 3.63) is 41.2 Å². The minimum atomic E-state index is 0.0674. The van der Waals surface area contributed by atoms with E-state index in [4.69, 9.17) is 0 Å². The van der Waals surface area contributed by atoms with Gasteiger partial charge in [-0.05, 0) is 57.7 Å². The fourth-order valence-electron chi connectivity index (χ4n) is 4.41. The molecule has 2 aromatic heterocycles. The monoisotopic (exact) mass is 368 g/mol. The second-order valence-electron chi connectivity index (χ2n) is 7.96. The van der Waals surface area contributed by atoms with Crippen LogP contribution in [0.1, 0.15) is 40.3 Å². The van der Waals surface area contributed by atoms with Gasteiger partial charge in [-0.15, -0.1) is 0 Å². The van der Waals surface area contributed by atoms with Crippen molar-refractivity contribution in [1.82, 2.24) is 29.5 Å². The third-order valence-electron chi connectivity index (χ3n) is 6.34. The van der Waals surface area contributed by atoms with Crippen LogP contribution in [-0.2, 0) is 13.6 Å². The van der Waals surface area contributed by atoms with E-state index in [0.29, 0.717) is 17.5 Å². The van der Waals surface area contributed by atoms with Gasteiger partial charge in [-0.3, -0.25) is 14.4 Å². The lowest BCUT2D eigenvalue weighted by molar-refractivity contribution is 0.0773. The maximum Gasteiger partial charge on any atom is 0.272 e. The van der Waals surface area contributed by atoms with E-state index >= 15 is 0 Å². The van der Waals surface area contributed by atoms with E-state index in [1.54, 1.807) is 0 Å². The predicted octanol–water partition coefficient (Wildman–Crippen LogP) is 1.81. The Morgan fingerprint density at radius 2 is 1.85 bits per heavy atom. The minimum absolute atomic E-state index is 0.0674. The number of aromatic nitrogens is 4. The number of amides is 1. The lowest BCUT2D eigenvalue weighted by atomic mass is 9.92. The number of fused-ring (bicyclic) bond motifs is 1. The minimum Gasteiger partial charge on any atom is -0.337 e. The Kier molecular flexibility index (Phi) is 4.95. The van der Waals surface area contributed by atoms with Crippen LogP contribution in [0.15, 0.2) is 18.6 Å². The number of carbonyl (C=O) groups excluding carboxylic acids is 1. The van der Waals surface area contributed by atoms with Gasteiger partial charge in [0.25, 0.3) is 5.91 Å². The van der Waals surface area contributed by atoms with Crippen molar-refractivity contribution in [2.24, 2.45) is 18.9 Å². The van der Waals surface area contributed by atoms with E-state index in [-0.39, 0.29) is 5.91 Å². The summed E-state index contributed by atoms with van der Waals surface area (Å²) < 4.78 is 1.96. The molecule has 0 unspecified atom stereocenters. The molecular weight excluding hydrogens is 340 g/mol. The van der Waals surface area contributed by atoms with Crippen molar-refractivity contribution in [2.75, 3.05) is 26.2 Å². The van der Waals surface area contributed by atoms with Gasteiger partial charge in [0.05, 0.1) is 5.69 Å². The zero-order valence-electron chi connectivity index (χ0n) is 16.4. The number of carbonyl (C=O) groups is 1. The number of aryl methyl sites for hydroxylation is 2. The zero-order valence-corrected chi connectivity index (χ0v) is 16.4. The van der Waals surface area contributed by atoms with Gasteiger partial charge in [-0.2, -0.15) is 5.10 Å². The Hall–Kier alpha value is -2.28. The van der Waals surface area contributed by atoms with Gasteiger partial charge < -0.3 is 4.90 Å². The molecule has 7 heteroatoms. The molecule has 7 nitrogen and oxygen atoms in total. The molecule has 4 heterocycles. The molecule has 0 aromatic carbocycles. The number of hydrogen-bond acceptors (Lipinski definition) is 5. The summed E-state index contributed by atoms with van der Waals surface area (Å²) in [5.41, 5.74) is 3.61. The van der Waals surface area contributed by atoms with E-state index in [2.05, 4.69) is 26.0 Å². The van der Waals surface area contributed by atoms with E-state index in [1.807, 2.05) is 36.7 Å². The summed E-state index contributed by atoms with van der Waals surface area (Å²) in [7, 11) is 2.00. The number of likely N-dealkylation sites (tertiary alicyclic amines) is 2. The molecule has 0 spiro atoms.